The van der Waals surface area contributed by atoms with Gasteiger partial charge in [0.2, 0.25) is 0 Å². The van der Waals surface area contributed by atoms with Gasteiger partial charge in [0.05, 0.1) is 6.54 Å². The van der Waals surface area contributed by atoms with E-state index in [4.69, 9.17) is 0 Å². The third-order valence-corrected chi connectivity index (χ3v) is 2.69. The Morgan fingerprint density at radius 2 is 2.06 bits per heavy atom. The van der Waals surface area contributed by atoms with Gasteiger partial charge in [-0.05, 0) is 18.6 Å². The minimum Gasteiger partial charge on any atom is -0.373 e. The summed E-state index contributed by atoms with van der Waals surface area (Å²) in [4.78, 5) is 16.0. The zero-order valence-corrected chi connectivity index (χ0v) is 10.1. The second kappa shape index (κ2) is 4.86. The number of aryl methyl sites for hydroxylation is 1. The summed E-state index contributed by atoms with van der Waals surface area (Å²) in [5.41, 5.74) is 1.03. The summed E-state index contributed by atoms with van der Waals surface area (Å²) < 4.78 is 3.36. The largest absolute Gasteiger partial charge is 0.373 e. The van der Waals surface area contributed by atoms with E-state index in [1.54, 1.807) is 27.7 Å². The Morgan fingerprint density at radius 3 is 2.59 bits per heavy atom. The predicted molar refractivity (Wildman–Crippen MR) is 67.3 cm³/mol. The monoisotopic (exact) mass is 232 g/mol. The summed E-state index contributed by atoms with van der Waals surface area (Å²) in [6.07, 6.45) is 5.39. The van der Waals surface area contributed by atoms with Gasteiger partial charge in [-0.3, -0.25) is 9.13 Å². The molecule has 0 atom stereocenters. The number of anilines is 1. The van der Waals surface area contributed by atoms with Crippen LogP contribution in [0, 0.1) is 0 Å². The SMILES string of the molecule is CCn1ccn(Cc2ccc(NC)nc2)c1=O. The standard InChI is InChI=1S/C12H16N4O/c1-3-15-6-7-16(12(15)17)9-10-4-5-11(13-2)14-8-10/h4-8H,3,9H2,1-2H3,(H,13,14). The van der Waals surface area contributed by atoms with Crippen molar-refractivity contribution >= 4 is 5.82 Å². The van der Waals surface area contributed by atoms with Crippen LogP contribution in [0.3, 0.4) is 0 Å². The van der Waals surface area contributed by atoms with E-state index in [9.17, 15) is 4.79 Å². The maximum absolute atomic E-state index is 11.8. The molecule has 2 aromatic heterocycles. The number of nitrogens with one attached hydrogen (secondary N) is 1. The van der Waals surface area contributed by atoms with E-state index in [-0.39, 0.29) is 5.69 Å². The van der Waals surface area contributed by atoms with Crippen LogP contribution >= 0.6 is 0 Å². The smallest absolute Gasteiger partial charge is 0.328 e. The van der Waals surface area contributed by atoms with Crippen LogP contribution in [-0.2, 0) is 13.1 Å². The van der Waals surface area contributed by atoms with Gasteiger partial charge in [-0.2, -0.15) is 0 Å². The van der Waals surface area contributed by atoms with E-state index >= 15 is 0 Å². The molecule has 0 fully saturated rings. The number of pyridine rings is 1. The van der Waals surface area contributed by atoms with Gasteiger partial charge in [0, 0.05) is 32.2 Å². The Bertz CT molecular complexity index is 538. The highest BCUT2D eigenvalue weighted by molar-refractivity contribution is 5.34. The van der Waals surface area contributed by atoms with Gasteiger partial charge in [-0.25, -0.2) is 9.78 Å². The maximum Gasteiger partial charge on any atom is 0.328 e. The zero-order valence-electron chi connectivity index (χ0n) is 10.1. The molecule has 1 N–H and O–H groups in total. The van der Waals surface area contributed by atoms with Crippen LogP contribution in [-0.4, -0.2) is 21.2 Å². The van der Waals surface area contributed by atoms with Crippen molar-refractivity contribution in [2.75, 3.05) is 12.4 Å². The molecule has 2 rings (SSSR count). The first-order chi connectivity index (χ1) is 8.24. The first kappa shape index (κ1) is 11.4. The zero-order chi connectivity index (χ0) is 12.3. The van der Waals surface area contributed by atoms with Crippen LogP contribution in [0.5, 0.6) is 0 Å². The average Bonchev–Trinajstić information content (AvgIpc) is 2.71. The molecule has 5 nitrogen and oxygen atoms in total. The van der Waals surface area contributed by atoms with Crippen LogP contribution in [0.25, 0.3) is 0 Å². The number of nitrogens with zero attached hydrogens (tertiary/aromatic N) is 3. The molecule has 0 saturated heterocycles. The van der Waals surface area contributed by atoms with Gasteiger partial charge in [0.25, 0.3) is 0 Å². The van der Waals surface area contributed by atoms with Crippen LogP contribution in [0.15, 0.2) is 35.5 Å². The van der Waals surface area contributed by atoms with E-state index in [1.165, 1.54) is 0 Å². The van der Waals surface area contributed by atoms with Gasteiger partial charge >= 0.3 is 5.69 Å². The molecule has 2 aromatic rings. The fourth-order valence-electron chi connectivity index (χ4n) is 1.68. The second-order valence-corrected chi connectivity index (χ2v) is 3.80. The Labute approximate surface area is 99.7 Å². The third-order valence-electron chi connectivity index (χ3n) is 2.69. The van der Waals surface area contributed by atoms with Crippen molar-refractivity contribution in [1.82, 2.24) is 14.1 Å². The van der Waals surface area contributed by atoms with Gasteiger partial charge in [0.15, 0.2) is 0 Å². The lowest BCUT2D eigenvalue weighted by Crippen LogP contribution is -2.23. The molecule has 90 valence electrons. The summed E-state index contributed by atoms with van der Waals surface area (Å²) in [5, 5.41) is 2.96. The van der Waals surface area contributed by atoms with Crippen molar-refractivity contribution in [2.45, 2.75) is 20.0 Å². The lowest BCUT2D eigenvalue weighted by Gasteiger charge is -2.03. The number of hydrogen-bond donors (Lipinski definition) is 1. The first-order valence-electron chi connectivity index (χ1n) is 5.63. The molecular formula is C12H16N4O. The van der Waals surface area contributed by atoms with Crippen LogP contribution < -0.4 is 11.0 Å². The molecule has 0 unspecified atom stereocenters. The van der Waals surface area contributed by atoms with E-state index < -0.39 is 0 Å². The average molecular weight is 232 g/mol. The lowest BCUT2D eigenvalue weighted by atomic mass is 10.3. The molecule has 0 bridgehead atoms. The third kappa shape index (κ3) is 2.38. The van der Waals surface area contributed by atoms with Gasteiger partial charge in [-0.15, -0.1) is 0 Å². The maximum atomic E-state index is 11.8. The topological polar surface area (TPSA) is 51.9 Å². The van der Waals surface area contributed by atoms with Gasteiger partial charge in [-0.1, -0.05) is 6.07 Å². The van der Waals surface area contributed by atoms with Crippen LogP contribution in [0.2, 0.25) is 0 Å². The van der Waals surface area contributed by atoms with Crippen LogP contribution in [0.4, 0.5) is 5.82 Å². The Kier molecular flexibility index (Phi) is 3.27. The van der Waals surface area contributed by atoms with Crippen molar-refractivity contribution in [3.05, 3.63) is 46.8 Å². The number of rotatable bonds is 4. The van der Waals surface area contributed by atoms with E-state index in [0.29, 0.717) is 13.1 Å². The molecule has 0 aliphatic heterocycles. The Balaban J connectivity index is 2.19. The number of aromatic nitrogens is 3. The fourth-order valence-corrected chi connectivity index (χ4v) is 1.68. The van der Waals surface area contributed by atoms with Crippen LogP contribution in [0.1, 0.15) is 12.5 Å². The van der Waals surface area contributed by atoms with Crippen molar-refractivity contribution in [1.29, 1.82) is 0 Å². The molecule has 5 heteroatoms. The Hall–Kier alpha value is -2.04. The molecule has 0 saturated carbocycles. The van der Waals surface area contributed by atoms with Crippen molar-refractivity contribution in [3.63, 3.8) is 0 Å². The molecule has 17 heavy (non-hydrogen) atoms. The summed E-state index contributed by atoms with van der Waals surface area (Å²) in [7, 11) is 1.83. The van der Waals surface area contributed by atoms with E-state index in [1.807, 2.05) is 26.1 Å². The quantitative estimate of drug-likeness (QED) is 0.860. The predicted octanol–water partition coefficient (Wildman–Crippen LogP) is 1.15. The highest BCUT2D eigenvalue weighted by atomic mass is 16.1. The van der Waals surface area contributed by atoms with Gasteiger partial charge in [0.1, 0.15) is 5.82 Å². The number of hydrogen-bond acceptors (Lipinski definition) is 3. The summed E-state index contributed by atoms with van der Waals surface area (Å²) in [5.74, 6) is 0.826. The van der Waals surface area contributed by atoms with E-state index in [2.05, 4.69) is 10.3 Å². The van der Waals surface area contributed by atoms with E-state index in [0.717, 1.165) is 11.4 Å². The minimum atomic E-state index is 0.0187. The Morgan fingerprint density at radius 1 is 1.29 bits per heavy atom. The highest BCUT2D eigenvalue weighted by Crippen LogP contribution is 2.05. The normalized spacial score (nSPS) is 10.5. The minimum absolute atomic E-state index is 0.0187. The van der Waals surface area contributed by atoms with Crippen molar-refractivity contribution in [3.8, 4) is 0 Å². The fraction of sp³-hybridized carbons (Fsp3) is 0.333. The van der Waals surface area contributed by atoms with Crippen molar-refractivity contribution < 1.29 is 0 Å². The second-order valence-electron chi connectivity index (χ2n) is 3.80. The van der Waals surface area contributed by atoms with Gasteiger partial charge < -0.3 is 5.32 Å². The molecule has 2 heterocycles. The highest BCUT2D eigenvalue weighted by Gasteiger charge is 2.02. The van der Waals surface area contributed by atoms with Crippen molar-refractivity contribution in [2.24, 2.45) is 0 Å². The molecule has 0 aliphatic rings. The molecule has 0 aromatic carbocycles. The summed E-state index contributed by atoms with van der Waals surface area (Å²) in [6.45, 7) is 3.21. The summed E-state index contributed by atoms with van der Waals surface area (Å²) >= 11 is 0. The molecular weight excluding hydrogens is 216 g/mol. The number of imidazole rings is 1. The molecule has 0 aliphatic carbocycles. The first-order valence-corrected chi connectivity index (χ1v) is 5.63. The lowest BCUT2D eigenvalue weighted by molar-refractivity contribution is 0.667. The molecule has 0 amide bonds. The summed E-state index contributed by atoms with van der Waals surface area (Å²) in [6, 6.07) is 3.87. The molecule has 0 spiro atoms. The molecule has 0 radical (unpaired) electrons.